The second kappa shape index (κ2) is 7.51. The van der Waals surface area contributed by atoms with E-state index in [1.165, 1.54) is 11.8 Å². The molecule has 8 heteroatoms. The average Bonchev–Trinajstić information content (AvgIpc) is 3.45. The van der Waals surface area contributed by atoms with Crippen LogP contribution in [0.5, 0.6) is 0 Å². The van der Waals surface area contributed by atoms with Gasteiger partial charge in [0.2, 0.25) is 0 Å². The first-order chi connectivity index (χ1) is 12.8. The molecule has 0 spiro atoms. The second-order valence-corrected chi connectivity index (χ2v) is 7.70. The first-order valence-electron chi connectivity index (χ1n) is 8.37. The zero-order valence-electron chi connectivity index (χ0n) is 14.2. The van der Waals surface area contributed by atoms with Gasteiger partial charge in [0.25, 0.3) is 5.91 Å². The number of thiophene rings is 1. The number of hydrogen-bond acceptors (Lipinski definition) is 6. The van der Waals surface area contributed by atoms with Gasteiger partial charge in [-0.1, -0.05) is 17.8 Å². The minimum absolute atomic E-state index is 0.0272. The topological polar surface area (TPSA) is 63.6 Å². The number of carbonyl (C=O) groups excluding carboxylic acids is 1. The molecule has 4 rings (SSSR count). The molecular weight excluding hydrogens is 368 g/mol. The van der Waals surface area contributed by atoms with Gasteiger partial charge < -0.3 is 8.98 Å². The summed E-state index contributed by atoms with van der Waals surface area (Å²) >= 11 is 3.08. The molecule has 0 aromatic carbocycles. The summed E-state index contributed by atoms with van der Waals surface area (Å²) in [7, 11) is 0. The zero-order chi connectivity index (χ0) is 17.9. The van der Waals surface area contributed by atoms with E-state index in [-0.39, 0.29) is 11.9 Å². The smallest absolute Gasteiger partial charge is 0.253 e. The molecule has 3 aromatic heterocycles. The molecule has 1 aliphatic heterocycles. The maximum absolute atomic E-state index is 12.9. The Labute approximate surface area is 159 Å². The number of thioether (sulfide) groups is 1. The first-order valence-corrected chi connectivity index (χ1v) is 10.2. The molecule has 1 aliphatic rings. The van der Waals surface area contributed by atoms with Crippen molar-refractivity contribution in [3.8, 4) is 0 Å². The number of amides is 1. The van der Waals surface area contributed by atoms with Gasteiger partial charge in [0.15, 0.2) is 5.16 Å². The van der Waals surface area contributed by atoms with E-state index in [1.54, 1.807) is 28.8 Å². The lowest BCUT2D eigenvalue weighted by Gasteiger charge is -2.20. The highest BCUT2D eigenvalue weighted by Gasteiger charge is 2.34. The summed E-state index contributed by atoms with van der Waals surface area (Å²) in [6.45, 7) is 2.89. The summed E-state index contributed by atoms with van der Waals surface area (Å²) in [4.78, 5) is 18.3. The van der Waals surface area contributed by atoms with Crippen molar-refractivity contribution in [1.29, 1.82) is 0 Å². The van der Waals surface area contributed by atoms with Gasteiger partial charge in [-0.15, -0.1) is 11.3 Å². The molecule has 1 unspecified atom stereocenters. The fourth-order valence-electron chi connectivity index (χ4n) is 2.90. The van der Waals surface area contributed by atoms with Gasteiger partial charge in [-0.2, -0.15) is 5.10 Å². The van der Waals surface area contributed by atoms with Gasteiger partial charge in [0.05, 0.1) is 18.1 Å². The number of aromatic nitrogens is 2. The van der Waals surface area contributed by atoms with Crippen molar-refractivity contribution in [2.75, 3.05) is 5.75 Å². The number of aryl methyl sites for hydroxylation is 1. The minimum atomic E-state index is -0.0749. The lowest BCUT2D eigenvalue weighted by atomic mass is 10.1. The van der Waals surface area contributed by atoms with Crippen LogP contribution in [-0.2, 0) is 11.3 Å². The highest BCUT2D eigenvalue weighted by Crippen LogP contribution is 2.35. The summed E-state index contributed by atoms with van der Waals surface area (Å²) < 4.78 is 7.50. The highest BCUT2D eigenvalue weighted by molar-refractivity contribution is 7.99. The third-order valence-corrected chi connectivity index (χ3v) is 6.15. The van der Waals surface area contributed by atoms with Gasteiger partial charge in [-0.05, 0) is 30.5 Å². The molecular formula is C18H18N4O2S2. The van der Waals surface area contributed by atoms with Crippen LogP contribution in [0, 0.1) is 0 Å². The molecule has 0 saturated heterocycles. The molecule has 0 bridgehead atoms. The molecule has 0 radical (unpaired) electrons. The van der Waals surface area contributed by atoms with Crippen molar-refractivity contribution >= 4 is 34.7 Å². The number of rotatable bonds is 6. The van der Waals surface area contributed by atoms with Crippen molar-refractivity contribution in [2.45, 2.75) is 31.1 Å². The van der Waals surface area contributed by atoms with E-state index in [2.05, 4.69) is 17.0 Å². The number of hydrazone groups is 1. The van der Waals surface area contributed by atoms with Crippen LogP contribution in [0.15, 0.2) is 63.0 Å². The summed E-state index contributed by atoms with van der Waals surface area (Å²) in [5.74, 6) is 0.991. The van der Waals surface area contributed by atoms with Crippen molar-refractivity contribution in [3.05, 3.63) is 58.9 Å². The van der Waals surface area contributed by atoms with Crippen LogP contribution in [0.4, 0.5) is 0 Å². The molecule has 6 nitrogen and oxygen atoms in total. The molecule has 26 heavy (non-hydrogen) atoms. The van der Waals surface area contributed by atoms with Crippen LogP contribution in [0.3, 0.4) is 0 Å². The van der Waals surface area contributed by atoms with E-state index in [1.807, 2.05) is 40.4 Å². The largest absolute Gasteiger partial charge is 0.463 e. The molecule has 1 amide bonds. The molecule has 0 N–H and O–H groups in total. The van der Waals surface area contributed by atoms with Crippen LogP contribution < -0.4 is 0 Å². The lowest BCUT2D eigenvalue weighted by Crippen LogP contribution is -2.28. The van der Waals surface area contributed by atoms with Crippen LogP contribution in [0.25, 0.3) is 0 Å². The Balaban J connectivity index is 1.53. The monoisotopic (exact) mass is 386 g/mol. The van der Waals surface area contributed by atoms with E-state index in [0.717, 1.165) is 28.1 Å². The summed E-state index contributed by atoms with van der Waals surface area (Å²) in [5.41, 5.74) is 0.807. The summed E-state index contributed by atoms with van der Waals surface area (Å²) in [6, 6.07) is 7.69. The third kappa shape index (κ3) is 3.34. The fourth-order valence-corrected chi connectivity index (χ4v) is 4.59. The normalized spacial score (nSPS) is 16.9. The molecule has 1 atom stereocenters. The Morgan fingerprint density at radius 1 is 1.42 bits per heavy atom. The number of imidazole rings is 1. The van der Waals surface area contributed by atoms with Gasteiger partial charge in [-0.25, -0.2) is 9.99 Å². The van der Waals surface area contributed by atoms with E-state index < -0.39 is 0 Å². The molecule has 0 saturated carbocycles. The van der Waals surface area contributed by atoms with Gasteiger partial charge in [0.1, 0.15) is 11.5 Å². The third-order valence-electron chi connectivity index (χ3n) is 4.19. The Morgan fingerprint density at radius 2 is 2.35 bits per heavy atom. The minimum Gasteiger partial charge on any atom is -0.463 e. The SMILES string of the molecule is CCn1ccnc1SCC(=O)N1N=C(c2ccco2)CC1c1cccs1. The number of furan rings is 1. The standard InChI is InChI=1S/C18H18N4O2S2/c1-2-21-8-7-19-18(21)26-12-17(23)22-14(16-6-4-10-25-16)11-13(20-22)15-5-3-9-24-15/h3-10,14H,2,11-12H2,1H3. The average molecular weight is 387 g/mol. The van der Waals surface area contributed by atoms with E-state index in [4.69, 9.17) is 4.42 Å². The predicted molar refractivity (Wildman–Crippen MR) is 102 cm³/mol. The Kier molecular flexibility index (Phi) is 4.94. The zero-order valence-corrected chi connectivity index (χ0v) is 15.9. The maximum Gasteiger partial charge on any atom is 0.253 e. The van der Waals surface area contributed by atoms with E-state index in [0.29, 0.717) is 12.2 Å². The summed E-state index contributed by atoms with van der Waals surface area (Å²) in [6.07, 6.45) is 5.97. The number of hydrogen-bond donors (Lipinski definition) is 0. The number of carbonyl (C=O) groups is 1. The first kappa shape index (κ1) is 17.1. The van der Waals surface area contributed by atoms with E-state index in [9.17, 15) is 4.79 Å². The van der Waals surface area contributed by atoms with Crippen molar-refractivity contribution in [1.82, 2.24) is 14.6 Å². The molecule has 4 heterocycles. The predicted octanol–water partition coefficient (Wildman–Crippen LogP) is 4.03. The van der Waals surface area contributed by atoms with Crippen molar-refractivity contribution < 1.29 is 9.21 Å². The fraction of sp³-hybridized carbons (Fsp3) is 0.278. The lowest BCUT2D eigenvalue weighted by molar-refractivity contribution is -0.130. The van der Waals surface area contributed by atoms with Crippen LogP contribution in [0.2, 0.25) is 0 Å². The molecule has 0 fully saturated rings. The maximum atomic E-state index is 12.9. The molecule has 0 aliphatic carbocycles. The van der Waals surface area contributed by atoms with Gasteiger partial charge in [-0.3, -0.25) is 4.79 Å². The quantitative estimate of drug-likeness (QED) is 0.600. The Morgan fingerprint density at radius 3 is 3.08 bits per heavy atom. The van der Waals surface area contributed by atoms with Crippen molar-refractivity contribution in [2.24, 2.45) is 5.10 Å². The van der Waals surface area contributed by atoms with Crippen LogP contribution >= 0.6 is 23.1 Å². The second-order valence-electron chi connectivity index (χ2n) is 5.78. The van der Waals surface area contributed by atoms with Gasteiger partial charge >= 0.3 is 0 Å². The van der Waals surface area contributed by atoms with Crippen LogP contribution in [-0.4, -0.2) is 31.9 Å². The van der Waals surface area contributed by atoms with Crippen molar-refractivity contribution in [3.63, 3.8) is 0 Å². The Bertz CT molecular complexity index is 900. The molecule has 134 valence electrons. The van der Waals surface area contributed by atoms with Gasteiger partial charge in [0, 0.05) is 30.2 Å². The van der Waals surface area contributed by atoms with E-state index >= 15 is 0 Å². The Hall–Kier alpha value is -2.32. The summed E-state index contributed by atoms with van der Waals surface area (Å²) in [5, 5.41) is 9.06. The molecule has 3 aromatic rings. The highest BCUT2D eigenvalue weighted by atomic mass is 32.2. The number of nitrogens with zero attached hydrogens (tertiary/aromatic N) is 4. The van der Waals surface area contributed by atoms with Crippen LogP contribution in [0.1, 0.15) is 30.0 Å².